The van der Waals surface area contributed by atoms with Crippen molar-refractivity contribution >= 4 is 26.0 Å². The molecule has 0 radical (unpaired) electrons. The molecule has 1 rings (SSSR count). The Morgan fingerprint density at radius 2 is 2.14 bits per heavy atom. The van der Waals surface area contributed by atoms with Crippen LogP contribution in [0.25, 0.3) is 0 Å². The number of rotatable bonds is 4. The number of H-pyrrole nitrogens is 1. The van der Waals surface area contributed by atoms with Gasteiger partial charge < -0.3 is 0 Å². The number of nitrogens with one attached hydrogen (secondary N) is 2. The molecule has 0 bridgehead atoms. The number of aromatic amines is 1. The van der Waals surface area contributed by atoms with Crippen LogP contribution in [0.2, 0.25) is 0 Å². The number of halogens is 1. The summed E-state index contributed by atoms with van der Waals surface area (Å²) < 4.78 is 25.9. The summed E-state index contributed by atoms with van der Waals surface area (Å²) in [5.41, 5.74) is 1.05. The van der Waals surface area contributed by atoms with Crippen molar-refractivity contribution in [2.45, 2.75) is 18.7 Å². The highest BCUT2D eigenvalue weighted by atomic mass is 79.9. The second-order valence-corrected chi connectivity index (χ2v) is 5.35. The van der Waals surface area contributed by atoms with Gasteiger partial charge in [0.25, 0.3) is 0 Å². The van der Waals surface area contributed by atoms with Gasteiger partial charge in [0.2, 0.25) is 10.0 Å². The standard InChI is InChI=1S/C7H12BrN3O2S/c1-5-7(6(2)11-10-5)14(12,13)9-4-3-8/h9H,3-4H2,1-2H3,(H,10,11). The average Bonchev–Trinajstić information content (AvgIpc) is 2.43. The van der Waals surface area contributed by atoms with Gasteiger partial charge >= 0.3 is 0 Å². The van der Waals surface area contributed by atoms with Gasteiger partial charge in [-0.2, -0.15) is 5.10 Å². The molecule has 0 aliphatic carbocycles. The van der Waals surface area contributed by atoms with Crippen LogP contribution in [0.5, 0.6) is 0 Å². The van der Waals surface area contributed by atoms with Crippen LogP contribution in [0.15, 0.2) is 4.90 Å². The third-order valence-corrected chi connectivity index (χ3v) is 3.84. The first-order valence-corrected chi connectivity index (χ1v) is 6.66. The number of hydrogen-bond donors (Lipinski definition) is 2. The van der Waals surface area contributed by atoms with Crippen molar-refractivity contribution in [1.82, 2.24) is 14.9 Å². The molecular weight excluding hydrogens is 270 g/mol. The molecule has 7 heteroatoms. The Bertz CT molecular complexity index is 393. The molecule has 0 aliphatic rings. The fraction of sp³-hybridized carbons (Fsp3) is 0.571. The SMILES string of the molecule is Cc1n[nH]c(C)c1S(=O)(=O)NCCBr. The summed E-state index contributed by atoms with van der Waals surface area (Å²) >= 11 is 3.15. The smallest absolute Gasteiger partial charge is 0.244 e. The third kappa shape index (κ3) is 2.34. The quantitative estimate of drug-likeness (QED) is 0.798. The van der Waals surface area contributed by atoms with E-state index in [0.717, 1.165) is 0 Å². The molecule has 0 aromatic carbocycles. The minimum Gasteiger partial charge on any atom is -0.281 e. The Morgan fingerprint density at radius 1 is 1.50 bits per heavy atom. The summed E-state index contributed by atoms with van der Waals surface area (Å²) in [5, 5.41) is 7.06. The zero-order valence-electron chi connectivity index (χ0n) is 7.96. The van der Waals surface area contributed by atoms with Gasteiger partial charge in [0.15, 0.2) is 0 Å². The Hall–Kier alpha value is -0.400. The molecule has 1 heterocycles. The van der Waals surface area contributed by atoms with E-state index in [-0.39, 0.29) is 4.90 Å². The van der Waals surface area contributed by atoms with E-state index in [1.165, 1.54) is 0 Å². The zero-order valence-corrected chi connectivity index (χ0v) is 10.4. The lowest BCUT2D eigenvalue weighted by Gasteiger charge is -2.04. The van der Waals surface area contributed by atoms with Crippen molar-refractivity contribution in [3.8, 4) is 0 Å². The van der Waals surface area contributed by atoms with Gasteiger partial charge in [-0.1, -0.05) is 15.9 Å². The first-order chi connectivity index (χ1) is 6.49. The first-order valence-electron chi connectivity index (χ1n) is 4.06. The lowest BCUT2D eigenvalue weighted by molar-refractivity contribution is 0.583. The molecule has 1 aromatic rings. The molecule has 5 nitrogen and oxygen atoms in total. The average molecular weight is 282 g/mol. The van der Waals surface area contributed by atoms with E-state index < -0.39 is 10.0 Å². The molecule has 2 N–H and O–H groups in total. The van der Waals surface area contributed by atoms with Crippen molar-refractivity contribution in [2.75, 3.05) is 11.9 Å². The van der Waals surface area contributed by atoms with Crippen molar-refractivity contribution in [3.63, 3.8) is 0 Å². The fourth-order valence-corrected chi connectivity index (χ4v) is 3.04. The molecule has 0 atom stereocenters. The third-order valence-electron chi connectivity index (χ3n) is 1.72. The van der Waals surface area contributed by atoms with Crippen LogP contribution in [-0.4, -0.2) is 30.5 Å². The molecule has 0 fully saturated rings. The van der Waals surface area contributed by atoms with E-state index in [0.29, 0.717) is 23.3 Å². The summed E-state index contributed by atoms with van der Waals surface area (Å²) in [7, 11) is -3.41. The van der Waals surface area contributed by atoms with E-state index in [1.54, 1.807) is 13.8 Å². The Balaban J connectivity index is 3.04. The van der Waals surface area contributed by atoms with Crippen LogP contribution in [0, 0.1) is 13.8 Å². The van der Waals surface area contributed by atoms with Gasteiger partial charge in [0.1, 0.15) is 4.90 Å². The Labute approximate surface area is 91.5 Å². The normalized spacial score (nSPS) is 11.9. The van der Waals surface area contributed by atoms with Gasteiger partial charge in [-0.25, -0.2) is 13.1 Å². The largest absolute Gasteiger partial charge is 0.281 e. The van der Waals surface area contributed by atoms with Crippen molar-refractivity contribution in [1.29, 1.82) is 0 Å². The number of sulfonamides is 1. The van der Waals surface area contributed by atoms with Gasteiger partial charge in [-0.3, -0.25) is 5.10 Å². The van der Waals surface area contributed by atoms with Crippen LogP contribution in [0.4, 0.5) is 0 Å². The molecule has 0 unspecified atom stereocenters. The maximum atomic E-state index is 11.7. The van der Waals surface area contributed by atoms with Gasteiger partial charge in [0.05, 0.1) is 11.4 Å². The minimum atomic E-state index is -3.41. The Kier molecular flexibility index (Phi) is 3.68. The fourth-order valence-electron chi connectivity index (χ4n) is 1.18. The van der Waals surface area contributed by atoms with Gasteiger partial charge in [0, 0.05) is 11.9 Å². The lowest BCUT2D eigenvalue weighted by atomic mass is 10.4. The predicted molar refractivity (Wildman–Crippen MR) is 57.0 cm³/mol. The summed E-state index contributed by atoms with van der Waals surface area (Å²) in [6.07, 6.45) is 0. The zero-order chi connectivity index (χ0) is 10.8. The topological polar surface area (TPSA) is 74.8 Å². The minimum absolute atomic E-state index is 0.249. The number of aromatic nitrogens is 2. The van der Waals surface area contributed by atoms with E-state index in [2.05, 4.69) is 30.8 Å². The maximum absolute atomic E-state index is 11.7. The molecule has 80 valence electrons. The van der Waals surface area contributed by atoms with Gasteiger partial charge in [-0.05, 0) is 13.8 Å². The summed E-state index contributed by atoms with van der Waals surface area (Å²) in [5.74, 6) is 0. The highest BCUT2D eigenvalue weighted by Crippen LogP contribution is 2.15. The molecule has 1 aromatic heterocycles. The number of hydrogen-bond acceptors (Lipinski definition) is 3. The number of alkyl halides is 1. The highest BCUT2D eigenvalue weighted by Gasteiger charge is 2.21. The predicted octanol–water partition coefficient (Wildman–Crippen LogP) is 0.700. The first kappa shape index (κ1) is 11.7. The van der Waals surface area contributed by atoms with E-state index in [1.807, 2.05) is 0 Å². The van der Waals surface area contributed by atoms with Crippen molar-refractivity contribution in [2.24, 2.45) is 0 Å². The van der Waals surface area contributed by atoms with Crippen LogP contribution in [0.1, 0.15) is 11.4 Å². The molecule has 0 aliphatic heterocycles. The Morgan fingerprint density at radius 3 is 2.57 bits per heavy atom. The van der Waals surface area contributed by atoms with Crippen LogP contribution < -0.4 is 4.72 Å². The van der Waals surface area contributed by atoms with E-state index in [4.69, 9.17) is 0 Å². The van der Waals surface area contributed by atoms with Crippen LogP contribution >= 0.6 is 15.9 Å². The number of aryl methyl sites for hydroxylation is 2. The molecule has 0 amide bonds. The van der Waals surface area contributed by atoms with Crippen LogP contribution in [0.3, 0.4) is 0 Å². The monoisotopic (exact) mass is 281 g/mol. The summed E-state index contributed by atoms with van der Waals surface area (Å²) in [6, 6.07) is 0. The second kappa shape index (κ2) is 4.41. The van der Waals surface area contributed by atoms with E-state index >= 15 is 0 Å². The van der Waals surface area contributed by atoms with Crippen molar-refractivity contribution in [3.05, 3.63) is 11.4 Å². The molecule has 0 saturated carbocycles. The molecule has 14 heavy (non-hydrogen) atoms. The highest BCUT2D eigenvalue weighted by molar-refractivity contribution is 9.09. The number of nitrogens with zero attached hydrogens (tertiary/aromatic N) is 1. The molecule has 0 spiro atoms. The second-order valence-electron chi connectivity index (χ2n) is 2.85. The van der Waals surface area contributed by atoms with E-state index in [9.17, 15) is 8.42 Å². The van der Waals surface area contributed by atoms with Crippen molar-refractivity contribution < 1.29 is 8.42 Å². The van der Waals surface area contributed by atoms with Crippen LogP contribution in [-0.2, 0) is 10.0 Å². The molecule has 0 saturated heterocycles. The molecular formula is C7H12BrN3O2S. The van der Waals surface area contributed by atoms with Gasteiger partial charge in [-0.15, -0.1) is 0 Å². The summed E-state index contributed by atoms with van der Waals surface area (Å²) in [4.78, 5) is 0.249. The maximum Gasteiger partial charge on any atom is 0.244 e. The summed E-state index contributed by atoms with van der Waals surface area (Å²) in [6.45, 7) is 3.71. The lowest BCUT2D eigenvalue weighted by Crippen LogP contribution is -2.26.